The molecule has 1 aromatic heterocycles. The van der Waals surface area contributed by atoms with Gasteiger partial charge < -0.3 is 5.32 Å². The Hall–Kier alpha value is -1.28. The van der Waals surface area contributed by atoms with Gasteiger partial charge in [0, 0.05) is 18.1 Å². The van der Waals surface area contributed by atoms with Crippen molar-refractivity contribution >= 4 is 28.2 Å². The Morgan fingerprint density at radius 2 is 2.11 bits per heavy atom. The standard InChI is InChI=1S/C15H19ClN2/c1-11(2)5-3-9-17-14-8-7-13(16)12-6-4-10-18-15(12)14/h4,6-8,10-11,17H,3,5,9H2,1-2H3. The van der Waals surface area contributed by atoms with Crippen molar-refractivity contribution in [2.24, 2.45) is 5.92 Å². The predicted octanol–water partition coefficient (Wildman–Crippen LogP) is 4.74. The van der Waals surface area contributed by atoms with Crippen LogP contribution in [-0.4, -0.2) is 11.5 Å². The fourth-order valence-electron chi connectivity index (χ4n) is 2.01. The zero-order chi connectivity index (χ0) is 13.0. The molecular formula is C15H19ClN2. The number of pyridine rings is 1. The van der Waals surface area contributed by atoms with E-state index in [-0.39, 0.29) is 0 Å². The summed E-state index contributed by atoms with van der Waals surface area (Å²) in [4.78, 5) is 4.41. The molecule has 0 radical (unpaired) electrons. The normalized spacial score (nSPS) is 11.1. The van der Waals surface area contributed by atoms with Gasteiger partial charge in [-0.2, -0.15) is 0 Å². The summed E-state index contributed by atoms with van der Waals surface area (Å²) in [5, 5.41) is 5.21. The van der Waals surface area contributed by atoms with E-state index in [1.807, 2.05) is 24.3 Å². The van der Waals surface area contributed by atoms with Crippen LogP contribution in [0.4, 0.5) is 5.69 Å². The van der Waals surface area contributed by atoms with Gasteiger partial charge in [-0.3, -0.25) is 4.98 Å². The SMILES string of the molecule is CC(C)CCCNc1ccc(Cl)c2cccnc12. The molecule has 0 spiro atoms. The van der Waals surface area contributed by atoms with Crippen molar-refractivity contribution in [2.75, 3.05) is 11.9 Å². The molecule has 1 heterocycles. The van der Waals surface area contributed by atoms with E-state index in [1.165, 1.54) is 12.8 Å². The third-order valence-electron chi connectivity index (χ3n) is 2.99. The summed E-state index contributed by atoms with van der Waals surface area (Å²) >= 11 is 6.16. The molecule has 0 aliphatic carbocycles. The van der Waals surface area contributed by atoms with Crippen LogP contribution in [-0.2, 0) is 0 Å². The molecule has 0 unspecified atom stereocenters. The zero-order valence-electron chi connectivity index (χ0n) is 10.9. The van der Waals surface area contributed by atoms with Gasteiger partial charge in [0.05, 0.1) is 16.2 Å². The first kappa shape index (κ1) is 13.2. The second kappa shape index (κ2) is 6.05. The Bertz CT molecular complexity index is 523. The Labute approximate surface area is 113 Å². The molecular weight excluding hydrogens is 244 g/mol. The molecule has 2 nitrogen and oxygen atoms in total. The zero-order valence-corrected chi connectivity index (χ0v) is 11.7. The first-order valence-corrected chi connectivity index (χ1v) is 6.83. The van der Waals surface area contributed by atoms with Crippen LogP contribution in [0.25, 0.3) is 10.9 Å². The lowest BCUT2D eigenvalue weighted by Crippen LogP contribution is -2.04. The first-order valence-electron chi connectivity index (χ1n) is 6.45. The molecule has 1 N–H and O–H groups in total. The number of hydrogen-bond donors (Lipinski definition) is 1. The topological polar surface area (TPSA) is 24.9 Å². The van der Waals surface area contributed by atoms with E-state index in [0.717, 1.165) is 34.1 Å². The summed E-state index contributed by atoms with van der Waals surface area (Å²) in [6.45, 7) is 5.48. The van der Waals surface area contributed by atoms with Crippen LogP contribution >= 0.6 is 11.6 Å². The lowest BCUT2D eigenvalue weighted by molar-refractivity contribution is 0.567. The lowest BCUT2D eigenvalue weighted by Gasteiger charge is -2.10. The van der Waals surface area contributed by atoms with E-state index in [9.17, 15) is 0 Å². The highest BCUT2D eigenvalue weighted by molar-refractivity contribution is 6.35. The number of benzene rings is 1. The van der Waals surface area contributed by atoms with Crippen molar-refractivity contribution in [1.82, 2.24) is 4.98 Å². The largest absolute Gasteiger partial charge is 0.383 e. The van der Waals surface area contributed by atoms with Crippen molar-refractivity contribution in [2.45, 2.75) is 26.7 Å². The highest BCUT2D eigenvalue weighted by atomic mass is 35.5. The Balaban J connectivity index is 2.11. The molecule has 18 heavy (non-hydrogen) atoms. The molecule has 96 valence electrons. The van der Waals surface area contributed by atoms with Gasteiger partial charge in [0.2, 0.25) is 0 Å². The maximum absolute atomic E-state index is 6.16. The minimum atomic E-state index is 0.755. The quantitative estimate of drug-likeness (QED) is 0.788. The first-order chi connectivity index (χ1) is 8.68. The summed E-state index contributed by atoms with van der Waals surface area (Å²) < 4.78 is 0. The maximum atomic E-state index is 6.16. The van der Waals surface area contributed by atoms with Gasteiger partial charge >= 0.3 is 0 Å². The molecule has 0 atom stereocenters. The van der Waals surface area contributed by atoms with Crippen LogP contribution in [0.15, 0.2) is 30.5 Å². The number of hydrogen-bond acceptors (Lipinski definition) is 2. The Kier molecular flexibility index (Phi) is 4.43. The van der Waals surface area contributed by atoms with Gasteiger partial charge in [0.15, 0.2) is 0 Å². The van der Waals surface area contributed by atoms with Crippen LogP contribution in [0.3, 0.4) is 0 Å². The van der Waals surface area contributed by atoms with E-state index in [1.54, 1.807) is 6.20 Å². The predicted molar refractivity (Wildman–Crippen MR) is 79.3 cm³/mol. The fourth-order valence-corrected chi connectivity index (χ4v) is 2.23. The second-order valence-corrected chi connectivity index (χ2v) is 5.36. The van der Waals surface area contributed by atoms with E-state index in [4.69, 9.17) is 11.6 Å². The monoisotopic (exact) mass is 262 g/mol. The van der Waals surface area contributed by atoms with E-state index >= 15 is 0 Å². The molecule has 0 aliphatic heterocycles. The van der Waals surface area contributed by atoms with Crippen LogP contribution in [0.2, 0.25) is 5.02 Å². The molecule has 0 saturated heterocycles. The number of nitrogens with zero attached hydrogens (tertiary/aromatic N) is 1. The van der Waals surface area contributed by atoms with Crippen LogP contribution in [0.5, 0.6) is 0 Å². The van der Waals surface area contributed by atoms with E-state index in [2.05, 4.69) is 24.1 Å². The number of aromatic nitrogens is 1. The smallest absolute Gasteiger partial charge is 0.0948 e. The molecule has 0 fully saturated rings. The second-order valence-electron chi connectivity index (χ2n) is 4.96. The number of fused-ring (bicyclic) bond motifs is 1. The number of anilines is 1. The summed E-state index contributed by atoms with van der Waals surface area (Å²) in [7, 11) is 0. The fraction of sp³-hybridized carbons (Fsp3) is 0.400. The van der Waals surface area contributed by atoms with Gasteiger partial charge in [0.1, 0.15) is 0 Å². The van der Waals surface area contributed by atoms with Crippen LogP contribution in [0, 0.1) is 5.92 Å². The summed E-state index contributed by atoms with van der Waals surface area (Å²) in [5.74, 6) is 0.756. The van der Waals surface area contributed by atoms with Gasteiger partial charge in [0.25, 0.3) is 0 Å². The molecule has 2 rings (SSSR count). The molecule has 0 bridgehead atoms. The summed E-state index contributed by atoms with van der Waals surface area (Å²) in [6, 6.07) is 7.85. The van der Waals surface area contributed by atoms with Crippen LogP contribution < -0.4 is 5.32 Å². The van der Waals surface area contributed by atoms with E-state index < -0.39 is 0 Å². The summed E-state index contributed by atoms with van der Waals surface area (Å²) in [6.07, 6.45) is 4.22. The molecule has 0 aliphatic rings. The van der Waals surface area contributed by atoms with Gasteiger partial charge in [-0.05, 0) is 43.0 Å². The molecule has 1 aromatic carbocycles. The number of rotatable bonds is 5. The van der Waals surface area contributed by atoms with E-state index in [0.29, 0.717) is 0 Å². The van der Waals surface area contributed by atoms with Gasteiger partial charge in [-0.25, -0.2) is 0 Å². The average Bonchev–Trinajstić information content (AvgIpc) is 2.37. The third kappa shape index (κ3) is 3.14. The minimum absolute atomic E-state index is 0.755. The Morgan fingerprint density at radius 1 is 1.28 bits per heavy atom. The third-order valence-corrected chi connectivity index (χ3v) is 3.32. The maximum Gasteiger partial charge on any atom is 0.0948 e. The molecule has 0 amide bonds. The average molecular weight is 263 g/mol. The molecule has 2 aromatic rings. The number of halogens is 1. The van der Waals surface area contributed by atoms with Gasteiger partial charge in [-0.15, -0.1) is 0 Å². The highest BCUT2D eigenvalue weighted by Gasteiger charge is 2.04. The molecule has 0 saturated carbocycles. The Morgan fingerprint density at radius 3 is 2.89 bits per heavy atom. The van der Waals surface area contributed by atoms with Gasteiger partial charge in [-0.1, -0.05) is 25.4 Å². The lowest BCUT2D eigenvalue weighted by atomic mass is 10.1. The minimum Gasteiger partial charge on any atom is -0.383 e. The van der Waals surface area contributed by atoms with Crippen molar-refractivity contribution in [1.29, 1.82) is 0 Å². The summed E-state index contributed by atoms with van der Waals surface area (Å²) in [5.41, 5.74) is 2.02. The number of nitrogens with one attached hydrogen (secondary N) is 1. The highest BCUT2D eigenvalue weighted by Crippen LogP contribution is 2.27. The van der Waals surface area contributed by atoms with Crippen molar-refractivity contribution in [3.63, 3.8) is 0 Å². The van der Waals surface area contributed by atoms with Crippen molar-refractivity contribution < 1.29 is 0 Å². The van der Waals surface area contributed by atoms with Crippen LogP contribution in [0.1, 0.15) is 26.7 Å². The van der Waals surface area contributed by atoms with Crippen molar-refractivity contribution in [3.8, 4) is 0 Å². The molecule has 3 heteroatoms. The van der Waals surface area contributed by atoms with Crippen molar-refractivity contribution in [3.05, 3.63) is 35.5 Å².